The van der Waals surface area contributed by atoms with Crippen LogP contribution in [0.1, 0.15) is 49.5 Å². The second-order valence-corrected chi connectivity index (χ2v) is 8.31. The summed E-state index contributed by atoms with van der Waals surface area (Å²) in [5.74, 6) is 0.785. The molecule has 1 saturated heterocycles. The molecule has 154 valence electrons. The highest BCUT2D eigenvalue weighted by Gasteiger charge is 2.16. The van der Waals surface area contributed by atoms with E-state index in [0.29, 0.717) is 17.8 Å². The lowest BCUT2D eigenvalue weighted by Gasteiger charge is -2.20. The number of benzene rings is 1. The van der Waals surface area contributed by atoms with Crippen molar-refractivity contribution in [1.29, 1.82) is 0 Å². The van der Waals surface area contributed by atoms with Crippen molar-refractivity contribution in [2.75, 3.05) is 23.3 Å². The number of nitrogens with one attached hydrogen (secondary N) is 3. The summed E-state index contributed by atoms with van der Waals surface area (Å²) < 4.78 is 0. The fraction of sp³-hybridized carbons (Fsp3) is 0.409. The molecule has 1 fully saturated rings. The number of hydrogen-bond acceptors (Lipinski definition) is 4. The number of anilines is 2. The van der Waals surface area contributed by atoms with Crippen molar-refractivity contribution >= 4 is 23.4 Å². The van der Waals surface area contributed by atoms with Crippen molar-refractivity contribution in [1.82, 2.24) is 15.6 Å². The van der Waals surface area contributed by atoms with Crippen LogP contribution in [0, 0.1) is 0 Å². The minimum atomic E-state index is -0.323. The molecule has 3 N–H and O–H groups in total. The van der Waals surface area contributed by atoms with E-state index in [1.165, 1.54) is 12.8 Å². The predicted octanol–water partition coefficient (Wildman–Crippen LogP) is 3.53. The second kappa shape index (κ2) is 8.94. The molecule has 2 aromatic rings. The smallest absolute Gasteiger partial charge is 0.319 e. The number of hydrogen-bond donors (Lipinski definition) is 3. The molecule has 0 unspecified atom stereocenters. The van der Waals surface area contributed by atoms with Gasteiger partial charge in [-0.3, -0.25) is 4.79 Å². The standard InChI is InChI=1S/C22H29N5O2/c1-22(2,3)26-20(28)17-7-6-8-18(14-17)25-21(29)24-15-16-9-10-23-19(13-16)27-11-4-5-12-27/h6-10,13-14H,4-5,11-12,15H2,1-3H3,(H,26,28)(H2,24,25,29). The Bertz CT molecular complexity index is 870. The maximum absolute atomic E-state index is 12.3. The Kier molecular flexibility index (Phi) is 6.36. The van der Waals surface area contributed by atoms with Gasteiger partial charge in [-0.1, -0.05) is 6.07 Å². The Morgan fingerprint density at radius 3 is 2.59 bits per heavy atom. The highest BCUT2D eigenvalue weighted by molar-refractivity contribution is 5.97. The van der Waals surface area contributed by atoms with Crippen LogP contribution in [0.3, 0.4) is 0 Å². The summed E-state index contributed by atoms with van der Waals surface area (Å²) in [6.07, 6.45) is 4.17. The molecule has 0 aliphatic carbocycles. The van der Waals surface area contributed by atoms with E-state index in [1.807, 2.05) is 32.9 Å². The van der Waals surface area contributed by atoms with E-state index < -0.39 is 0 Å². The molecular weight excluding hydrogens is 366 g/mol. The maximum Gasteiger partial charge on any atom is 0.319 e. The number of urea groups is 1. The lowest BCUT2D eigenvalue weighted by molar-refractivity contribution is 0.0919. The van der Waals surface area contributed by atoms with Crippen LogP contribution in [-0.4, -0.2) is 35.6 Å². The fourth-order valence-electron chi connectivity index (χ4n) is 3.20. The molecule has 1 aliphatic heterocycles. The number of aromatic nitrogens is 1. The molecule has 0 saturated carbocycles. The average molecular weight is 396 g/mol. The van der Waals surface area contributed by atoms with Crippen molar-refractivity contribution < 1.29 is 9.59 Å². The first-order valence-electron chi connectivity index (χ1n) is 9.97. The number of pyridine rings is 1. The van der Waals surface area contributed by atoms with Gasteiger partial charge in [-0.05, 0) is 69.5 Å². The Morgan fingerprint density at radius 1 is 1.10 bits per heavy atom. The van der Waals surface area contributed by atoms with E-state index in [1.54, 1.807) is 30.5 Å². The summed E-state index contributed by atoms with van der Waals surface area (Å²) in [6, 6.07) is 10.5. The summed E-state index contributed by atoms with van der Waals surface area (Å²) in [4.78, 5) is 31.3. The fourth-order valence-corrected chi connectivity index (χ4v) is 3.20. The van der Waals surface area contributed by atoms with Crippen molar-refractivity contribution in [2.45, 2.75) is 45.7 Å². The zero-order chi connectivity index (χ0) is 20.9. The summed E-state index contributed by atoms with van der Waals surface area (Å²) >= 11 is 0. The van der Waals surface area contributed by atoms with E-state index in [9.17, 15) is 9.59 Å². The average Bonchev–Trinajstić information content (AvgIpc) is 3.20. The maximum atomic E-state index is 12.3. The van der Waals surface area contributed by atoms with Crippen molar-refractivity contribution in [3.8, 4) is 0 Å². The van der Waals surface area contributed by atoms with Gasteiger partial charge in [0, 0.05) is 42.6 Å². The Morgan fingerprint density at radius 2 is 1.86 bits per heavy atom. The minimum Gasteiger partial charge on any atom is -0.357 e. The van der Waals surface area contributed by atoms with E-state index in [4.69, 9.17) is 0 Å². The molecule has 0 radical (unpaired) electrons. The van der Waals surface area contributed by atoms with Gasteiger partial charge in [0.25, 0.3) is 5.91 Å². The first kappa shape index (κ1) is 20.6. The van der Waals surface area contributed by atoms with Crippen LogP contribution in [0.2, 0.25) is 0 Å². The largest absolute Gasteiger partial charge is 0.357 e. The van der Waals surface area contributed by atoms with Gasteiger partial charge in [-0.2, -0.15) is 0 Å². The second-order valence-electron chi connectivity index (χ2n) is 8.31. The van der Waals surface area contributed by atoms with Gasteiger partial charge in [0.15, 0.2) is 0 Å². The molecule has 1 aliphatic rings. The molecule has 0 atom stereocenters. The third kappa shape index (κ3) is 6.20. The topological polar surface area (TPSA) is 86.4 Å². The number of carbonyl (C=O) groups is 2. The molecule has 0 bridgehead atoms. The van der Waals surface area contributed by atoms with E-state index in [2.05, 4.69) is 25.8 Å². The van der Waals surface area contributed by atoms with Crippen LogP contribution in [0.15, 0.2) is 42.6 Å². The monoisotopic (exact) mass is 395 g/mol. The molecular formula is C22H29N5O2. The highest BCUT2D eigenvalue weighted by atomic mass is 16.2. The van der Waals surface area contributed by atoms with Gasteiger partial charge in [0.05, 0.1) is 0 Å². The molecule has 7 nitrogen and oxygen atoms in total. The van der Waals surface area contributed by atoms with Crippen LogP contribution < -0.4 is 20.9 Å². The quantitative estimate of drug-likeness (QED) is 0.723. The molecule has 0 spiro atoms. The third-order valence-electron chi connectivity index (χ3n) is 4.56. The molecule has 3 amide bonds. The number of amides is 3. The van der Waals surface area contributed by atoms with Crippen LogP contribution in [0.25, 0.3) is 0 Å². The van der Waals surface area contributed by atoms with Crippen molar-refractivity contribution in [3.05, 3.63) is 53.7 Å². The molecule has 3 rings (SSSR count). The zero-order valence-corrected chi connectivity index (χ0v) is 17.3. The van der Waals surface area contributed by atoms with Gasteiger partial charge in [0.1, 0.15) is 5.82 Å². The van der Waals surface area contributed by atoms with Gasteiger partial charge in [0.2, 0.25) is 0 Å². The van der Waals surface area contributed by atoms with Crippen LogP contribution in [0.4, 0.5) is 16.3 Å². The number of nitrogens with zero attached hydrogens (tertiary/aromatic N) is 2. The van der Waals surface area contributed by atoms with E-state index in [0.717, 1.165) is 24.5 Å². The van der Waals surface area contributed by atoms with E-state index >= 15 is 0 Å². The lowest BCUT2D eigenvalue weighted by Crippen LogP contribution is -2.40. The van der Waals surface area contributed by atoms with Gasteiger partial charge in [-0.15, -0.1) is 0 Å². The predicted molar refractivity (Wildman–Crippen MR) is 115 cm³/mol. The highest BCUT2D eigenvalue weighted by Crippen LogP contribution is 2.18. The third-order valence-corrected chi connectivity index (χ3v) is 4.56. The zero-order valence-electron chi connectivity index (χ0n) is 17.3. The van der Waals surface area contributed by atoms with Crippen molar-refractivity contribution in [2.24, 2.45) is 0 Å². The van der Waals surface area contributed by atoms with Crippen molar-refractivity contribution in [3.63, 3.8) is 0 Å². The molecule has 29 heavy (non-hydrogen) atoms. The van der Waals surface area contributed by atoms with Gasteiger partial charge < -0.3 is 20.9 Å². The Hall–Kier alpha value is -3.09. The first-order valence-corrected chi connectivity index (χ1v) is 9.97. The molecule has 1 aromatic carbocycles. The van der Waals surface area contributed by atoms with Crippen LogP contribution in [0.5, 0.6) is 0 Å². The summed E-state index contributed by atoms with van der Waals surface area (Å²) in [7, 11) is 0. The minimum absolute atomic E-state index is 0.173. The summed E-state index contributed by atoms with van der Waals surface area (Å²) in [5, 5.41) is 8.55. The van der Waals surface area contributed by atoms with Gasteiger partial charge >= 0.3 is 6.03 Å². The number of carbonyl (C=O) groups excluding carboxylic acids is 2. The molecule has 7 heteroatoms. The number of rotatable bonds is 5. The summed E-state index contributed by atoms with van der Waals surface area (Å²) in [6.45, 7) is 8.24. The molecule has 1 aromatic heterocycles. The van der Waals surface area contributed by atoms with Crippen LogP contribution >= 0.6 is 0 Å². The Labute approximate surface area is 171 Å². The lowest BCUT2D eigenvalue weighted by atomic mass is 10.1. The Balaban J connectivity index is 1.55. The van der Waals surface area contributed by atoms with E-state index in [-0.39, 0.29) is 17.5 Å². The first-order chi connectivity index (χ1) is 13.8. The van der Waals surface area contributed by atoms with Gasteiger partial charge in [-0.25, -0.2) is 9.78 Å². The summed E-state index contributed by atoms with van der Waals surface area (Å²) in [5.41, 5.74) is 1.74. The normalized spacial score (nSPS) is 13.8. The van der Waals surface area contributed by atoms with Crippen LogP contribution in [-0.2, 0) is 6.54 Å². The molecule has 2 heterocycles. The SMILES string of the molecule is CC(C)(C)NC(=O)c1cccc(NC(=O)NCc2ccnc(N3CCCC3)c2)c1.